The first kappa shape index (κ1) is 27.1. The van der Waals surface area contributed by atoms with Crippen molar-refractivity contribution in [3.63, 3.8) is 0 Å². The van der Waals surface area contributed by atoms with Crippen molar-refractivity contribution in [3.8, 4) is 28.8 Å². The van der Waals surface area contributed by atoms with Crippen LogP contribution in [0.5, 0.6) is 11.5 Å². The second kappa shape index (κ2) is 13.5. The molecule has 1 aromatic heterocycles. The van der Waals surface area contributed by atoms with Crippen LogP contribution in [-0.4, -0.2) is 73.6 Å². The van der Waals surface area contributed by atoms with E-state index in [2.05, 4.69) is 41.1 Å². The molecule has 3 aromatic rings. The molecule has 0 aliphatic carbocycles. The fourth-order valence-corrected chi connectivity index (χ4v) is 4.89. The van der Waals surface area contributed by atoms with Gasteiger partial charge in [-0.3, -0.25) is 4.90 Å². The standard InChI is InChI=1S/C31H36N4O4/c1-23-3-4-24(19-30(23)38-14-2-11-35-12-17-37-18-13-35)20-31-33-10-7-28(34-31)25-5-6-29(26(21-25)22-32)39-27-8-15-36-16-9-27/h3-7,10,19,21,27H,2,8-9,11-18,20H2,1H3. The lowest BCUT2D eigenvalue weighted by Crippen LogP contribution is -2.37. The summed E-state index contributed by atoms with van der Waals surface area (Å²) in [6, 6.07) is 16.1. The molecular formula is C31H36N4O4. The highest BCUT2D eigenvalue weighted by Gasteiger charge is 2.18. The first-order valence-electron chi connectivity index (χ1n) is 13.8. The van der Waals surface area contributed by atoms with E-state index in [4.69, 9.17) is 23.9 Å². The summed E-state index contributed by atoms with van der Waals surface area (Å²) in [4.78, 5) is 11.7. The Morgan fingerprint density at radius 2 is 1.82 bits per heavy atom. The van der Waals surface area contributed by atoms with Crippen molar-refractivity contribution in [1.29, 1.82) is 5.26 Å². The lowest BCUT2D eigenvalue weighted by atomic mass is 10.1. The number of ether oxygens (including phenoxy) is 4. The molecule has 2 fully saturated rings. The minimum Gasteiger partial charge on any atom is -0.493 e. The SMILES string of the molecule is Cc1ccc(Cc2nccc(-c3ccc(OC4CCOCC4)c(C#N)c3)n2)cc1OCCCN1CCOCC1. The van der Waals surface area contributed by atoms with E-state index in [9.17, 15) is 5.26 Å². The van der Waals surface area contributed by atoms with Crippen molar-refractivity contribution < 1.29 is 18.9 Å². The van der Waals surface area contributed by atoms with Crippen molar-refractivity contribution in [2.45, 2.75) is 38.7 Å². The Morgan fingerprint density at radius 1 is 1.00 bits per heavy atom. The summed E-state index contributed by atoms with van der Waals surface area (Å²) in [5.41, 5.74) is 4.36. The number of hydrogen-bond donors (Lipinski definition) is 0. The van der Waals surface area contributed by atoms with Crippen LogP contribution in [0.1, 0.15) is 41.8 Å². The molecule has 0 N–H and O–H groups in total. The van der Waals surface area contributed by atoms with Gasteiger partial charge in [0.05, 0.1) is 44.3 Å². The van der Waals surface area contributed by atoms with Crippen molar-refractivity contribution in [3.05, 3.63) is 71.2 Å². The van der Waals surface area contributed by atoms with Crippen LogP contribution in [0.15, 0.2) is 48.7 Å². The Labute approximate surface area is 230 Å². The minimum absolute atomic E-state index is 0.0792. The third-order valence-electron chi connectivity index (χ3n) is 7.16. The molecule has 0 radical (unpaired) electrons. The van der Waals surface area contributed by atoms with E-state index < -0.39 is 0 Å². The van der Waals surface area contributed by atoms with Crippen LogP contribution < -0.4 is 9.47 Å². The zero-order valence-electron chi connectivity index (χ0n) is 22.6. The van der Waals surface area contributed by atoms with Crippen LogP contribution >= 0.6 is 0 Å². The second-order valence-corrected chi connectivity index (χ2v) is 10.0. The van der Waals surface area contributed by atoms with Gasteiger partial charge in [-0.05, 0) is 54.8 Å². The van der Waals surface area contributed by atoms with Crippen molar-refractivity contribution >= 4 is 0 Å². The quantitative estimate of drug-likeness (QED) is 0.354. The van der Waals surface area contributed by atoms with Gasteiger partial charge >= 0.3 is 0 Å². The molecule has 5 rings (SSSR count). The molecule has 8 nitrogen and oxygen atoms in total. The zero-order valence-corrected chi connectivity index (χ0v) is 22.6. The second-order valence-electron chi connectivity index (χ2n) is 10.0. The first-order chi connectivity index (χ1) is 19.2. The Bertz CT molecular complexity index is 1280. The number of aryl methyl sites for hydroxylation is 1. The number of hydrogen-bond acceptors (Lipinski definition) is 8. The average Bonchev–Trinajstić information content (AvgIpc) is 2.98. The molecule has 0 spiro atoms. The normalized spacial score (nSPS) is 16.5. The number of rotatable bonds is 10. The largest absolute Gasteiger partial charge is 0.493 e. The van der Waals surface area contributed by atoms with E-state index in [-0.39, 0.29) is 6.10 Å². The van der Waals surface area contributed by atoms with E-state index in [1.165, 1.54) is 0 Å². The van der Waals surface area contributed by atoms with Gasteiger partial charge in [0.25, 0.3) is 0 Å². The maximum atomic E-state index is 9.75. The summed E-state index contributed by atoms with van der Waals surface area (Å²) in [6.07, 6.45) is 5.10. The molecule has 2 aromatic carbocycles. The highest BCUT2D eigenvalue weighted by molar-refractivity contribution is 5.64. The van der Waals surface area contributed by atoms with Gasteiger partial charge in [0, 0.05) is 50.7 Å². The van der Waals surface area contributed by atoms with E-state index in [1.54, 1.807) is 6.20 Å². The molecule has 0 unspecified atom stereocenters. The summed E-state index contributed by atoms with van der Waals surface area (Å²) < 4.78 is 23.1. The Balaban J connectivity index is 1.22. The molecule has 0 bridgehead atoms. The predicted octanol–water partition coefficient (Wildman–Crippen LogP) is 4.57. The third kappa shape index (κ3) is 7.54. The van der Waals surface area contributed by atoms with Gasteiger partial charge in [0.1, 0.15) is 29.5 Å². The van der Waals surface area contributed by atoms with Gasteiger partial charge in [-0.25, -0.2) is 9.97 Å². The minimum atomic E-state index is 0.0792. The highest BCUT2D eigenvalue weighted by atomic mass is 16.5. The predicted molar refractivity (Wildman–Crippen MR) is 148 cm³/mol. The summed E-state index contributed by atoms with van der Waals surface area (Å²) in [5.74, 6) is 2.24. The van der Waals surface area contributed by atoms with Crippen molar-refractivity contribution in [2.75, 3.05) is 52.7 Å². The maximum Gasteiger partial charge on any atom is 0.137 e. The van der Waals surface area contributed by atoms with Crippen LogP contribution in [0.25, 0.3) is 11.3 Å². The molecule has 3 heterocycles. The van der Waals surface area contributed by atoms with E-state index in [0.29, 0.717) is 37.6 Å². The third-order valence-corrected chi connectivity index (χ3v) is 7.16. The fraction of sp³-hybridized carbons (Fsp3) is 0.452. The van der Waals surface area contributed by atoms with Gasteiger partial charge in [-0.15, -0.1) is 0 Å². The molecule has 8 heteroatoms. The van der Waals surface area contributed by atoms with Crippen LogP contribution in [0.4, 0.5) is 0 Å². The topological polar surface area (TPSA) is 89.7 Å². The Kier molecular flexibility index (Phi) is 9.38. The number of aromatic nitrogens is 2. The van der Waals surface area contributed by atoms with Crippen LogP contribution in [-0.2, 0) is 15.9 Å². The van der Waals surface area contributed by atoms with Crippen LogP contribution in [0.2, 0.25) is 0 Å². The number of nitrogens with zero attached hydrogens (tertiary/aromatic N) is 4. The van der Waals surface area contributed by atoms with Gasteiger partial charge in [0.2, 0.25) is 0 Å². The molecule has 0 saturated carbocycles. The summed E-state index contributed by atoms with van der Waals surface area (Å²) >= 11 is 0. The van der Waals surface area contributed by atoms with Crippen LogP contribution in [0.3, 0.4) is 0 Å². The van der Waals surface area contributed by atoms with Crippen LogP contribution in [0, 0.1) is 18.3 Å². The number of benzene rings is 2. The first-order valence-corrected chi connectivity index (χ1v) is 13.8. The average molecular weight is 529 g/mol. The summed E-state index contributed by atoms with van der Waals surface area (Å²) in [7, 11) is 0. The lowest BCUT2D eigenvalue weighted by Gasteiger charge is -2.26. The van der Waals surface area contributed by atoms with Gasteiger partial charge in [-0.2, -0.15) is 5.26 Å². The highest BCUT2D eigenvalue weighted by Crippen LogP contribution is 2.28. The summed E-state index contributed by atoms with van der Waals surface area (Å²) in [5, 5.41) is 9.75. The number of nitriles is 1. The summed E-state index contributed by atoms with van der Waals surface area (Å²) in [6.45, 7) is 8.81. The monoisotopic (exact) mass is 528 g/mol. The molecule has 2 aliphatic heterocycles. The van der Waals surface area contributed by atoms with Gasteiger partial charge < -0.3 is 18.9 Å². The Morgan fingerprint density at radius 3 is 2.64 bits per heavy atom. The Hall–Kier alpha value is -3.51. The molecule has 39 heavy (non-hydrogen) atoms. The molecule has 2 saturated heterocycles. The van der Waals surface area contributed by atoms with E-state index in [0.717, 1.165) is 86.1 Å². The fourth-order valence-electron chi connectivity index (χ4n) is 4.89. The van der Waals surface area contributed by atoms with E-state index in [1.807, 2.05) is 24.3 Å². The molecule has 0 atom stereocenters. The molecule has 2 aliphatic rings. The lowest BCUT2D eigenvalue weighted by molar-refractivity contribution is 0.0254. The smallest absolute Gasteiger partial charge is 0.137 e. The maximum absolute atomic E-state index is 9.75. The number of morpholine rings is 1. The molecular weight excluding hydrogens is 492 g/mol. The van der Waals surface area contributed by atoms with Gasteiger partial charge in [0.15, 0.2) is 0 Å². The zero-order chi connectivity index (χ0) is 26.9. The van der Waals surface area contributed by atoms with Gasteiger partial charge in [-0.1, -0.05) is 12.1 Å². The molecule has 0 amide bonds. The molecule has 204 valence electrons. The van der Waals surface area contributed by atoms with Crippen molar-refractivity contribution in [2.24, 2.45) is 0 Å². The van der Waals surface area contributed by atoms with E-state index >= 15 is 0 Å². The van der Waals surface area contributed by atoms with Crippen molar-refractivity contribution in [1.82, 2.24) is 14.9 Å².